The second kappa shape index (κ2) is 5.39. The van der Waals surface area contributed by atoms with Gasteiger partial charge in [0.25, 0.3) is 5.91 Å². The standard InChI is InChI=1S/C12H20N4O2/c1-15(8-9-5-3-4-6-18-9)12(17)10-7-14-16(2)11(10)13/h7,9H,3-6,8,13H2,1-2H3. The van der Waals surface area contributed by atoms with Crippen molar-refractivity contribution in [3.05, 3.63) is 11.8 Å². The number of nitrogen functional groups attached to an aromatic ring is 1. The molecule has 100 valence electrons. The first-order valence-electron chi connectivity index (χ1n) is 6.24. The molecule has 2 N–H and O–H groups in total. The average molecular weight is 252 g/mol. The molecule has 2 rings (SSSR count). The summed E-state index contributed by atoms with van der Waals surface area (Å²) in [5, 5.41) is 3.98. The minimum atomic E-state index is -0.102. The Morgan fingerprint density at radius 1 is 1.67 bits per heavy atom. The monoisotopic (exact) mass is 252 g/mol. The van der Waals surface area contributed by atoms with Crippen LogP contribution in [0.15, 0.2) is 6.20 Å². The number of nitrogens with zero attached hydrogens (tertiary/aromatic N) is 3. The highest BCUT2D eigenvalue weighted by atomic mass is 16.5. The second-order valence-corrected chi connectivity index (χ2v) is 4.74. The van der Waals surface area contributed by atoms with Crippen LogP contribution < -0.4 is 5.73 Å². The predicted molar refractivity (Wildman–Crippen MR) is 68.2 cm³/mol. The van der Waals surface area contributed by atoms with Crippen molar-refractivity contribution in [1.29, 1.82) is 0 Å². The van der Waals surface area contributed by atoms with Crippen molar-refractivity contribution in [3.8, 4) is 0 Å². The second-order valence-electron chi connectivity index (χ2n) is 4.74. The maximum absolute atomic E-state index is 12.2. The lowest BCUT2D eigenvalue weighted by Gasteiger charge is -2.27. The molecule has 1 saturated heterocycles. The Morgan fingerprint density at radius 3 is 3.00 bits per heavy atom. The SMILES string of the molecule is CN(CC1CCCCO1)C(=O)c1cnn(C)c1N. The minimum absolute atomic E-state index is 0.102. The largest absolute Gasteiger partial charge is 0.383 e. The Hall–Kier alpha value is -1.56. The zero-order valence-electron chi connectivity index (χ0n) is 10.9. The molecule has 6 heteroatoms. The summed E-state index contributed by atoms with van der Waals surface area (Å²) < 4.78 is 7.12. The van der Waals surface area contributed by atoms with E-state index in [1.807, 2.05) is 0 Å². The number of aromatic nitrogens is 2. The van der Waals surface area contributed by atoms with Gasteiger partial charge in [0.05, 0.1) is 12.3 Å². The third-order valence-electron chi connectivity index (χ3n) is 3.31. The molecule has 1 amide bonds. The fraction of sp³-hybridized carbons (Fsp3) is 0.667. The zero-order chi connectivity index (χ0) is 13.1. The molecule has 0 aromatic carbocycles. The summed E-state index contributed by atoms with van der Waals surface area (Å²) in [5.41, 5.74) is 6.25. The highest BCUT2D eigenvalue weighted by Gasteiger charge is 2.22. The molecule has 1 aromatic rings. The average Bonchev–Trinajstić information content (AvgIpc) is 2.70. The van der Waals surface area contributed by atoms with Gasteiger partial charge in [0.1, 0.15) is 11.4 Å². The summed E-state index contributed by atoms with van der Waals surface area (Å²) in [6.07, 6.45) is 4.95. The molecule has 0 saturated carbocycles. The van der Waals surface area contributed by atoms with E-state index in [0.29, 0.717) is 17.9 Å². The first-order valence-corrected chi connectivity index (χ1v) is 6.24. The summed E-state index contributed by atoms with van der Waals surface area (Å²) in [6.45, 7) is 1.40. The van der Waals surface area contributed by atoms with E-state index >= 15 is 0 Å². The van der Waals surface area contributed by atoms with Gasteiger partial charge in [-0.15, -0.1) is 0 Å². The highest BCUT2D eigenvalue weighted by Crippen LogP contribution is 2.16. The number of likely N-dealkylation sites (N-methyl/N-ethyl adjacent to an activating group) is 1. The molecule has 2 heterocycles. The lowest BCUT2D eigenvalue weighted by atomic mass is 10.1. The Bertz CT molecular complexity index is 424. The summed E-state index contributed by atoms with van der Waals surface area (Å²) in [6, 6.07) is 0. The molecule has 1 aliphatic rings. The lowest BCUT2D eigenvalue weighted by Crippen LogP contribution is -2.37. The van der Waals surface area contributed by atoms with Gasteiger partial charge in [0.2, 0.25) is 0 Å². The number of hydrogen-bond acceptors (Lipinski definition) is 4. The smallest absolute Gasteiger partial charge is 0.259 e. The van der Waals surface area contributed by atoms with Crippen molar-refractivity contribution in [3.63, 3.8) is 0 Å². The number of anilines is 1. The topological polar surface area (TPSA) is 73.4 Å². The Kier molecular flexibility index (Phi) is 3.86. The number of rotatable bonds is 3. The molecule has 18 heavy (non-hydrogen) atoms. The van der Waals surface area contributed by atoms with Crippen LogP contribution in [0.25, 0.3) is 0 Å². The van der Waals surface area contributed by atoms with Crippen LogP contribution in [-0.2, 0) is 11.8 Å². The van der Waals surface area contributed by atoms with Crippen LogP contribution in [-0.4, -0.2) is 46.9 Å². The predicted octanol–water partition coefficient (Wildman–Crippen LogP) is 0.643. The van der Waals surface area contributed by atoms with Gasteiger partial charge in [-0.1, -0.05) is 0 Å². The molecule has 0 aliphatic carbocycles. The summed E-state index contributed by atoms with van der Waals surface area (Å²) in [7, 11) is 3.49. The van der Waals surface area contributed by atoms with Gasteiger partial charge in [0.15, 0.2) is 0 Å². The zero-order valence-corrected chi connectivity index (χ0v) is 10.9. The van der Waals surface area contributed by atoms with Crippen LogP contribution in [0, 0.1) is 0 Å². The van der Waals surface area contributed by atoms with Crippen molar-refractivity contribution in [2.75, 3.05) is 25.9 Å². The number of aryl methyl sites for hydroxylation is 1. The quantitative estimate of drug-likeness (QED) is 0.857. The molecular weight excluding hydrogens is 232 g/mol. The van der Waals surface area contributed by atoms with Gasteiger partial charge in [0, 0.05) is 27.2 Å². The van der Waals surface area contributed by atoms with E-state index in [1.165, 1.54) is 17.3 Å². The van der Waals surface area contributed by atoms with Gasteiger partial charge in [-0.2, -0.15) is 5.10 Å². The molecule has 0 radical (unpaired) electrons. The summed E-state index contributed by atoms with van der Waals surface area (Å²) in [4.78, 5) is 13.8. The summed E-state index contributed by atoms with van der Waals surface area (Å²) >= 11 is 0. The number of carbonyl (C=O) groups excluding carboxylic acids is 1. The number of carbonyl (C=O) groups is 1. The number of ether oxygens (including phenoxy) is 1. The van der Waals surface area contributed by atoms with E-state index in [0.717, 1.165) is 19.4 Å². The number of nitrogens with two attached hydrogens (primary N) is 1. The molecule has 6 nitrogen and oxygen atoms in total. The van der Waals surface area contributed by atoms with E-state index in [1.54, 1.807) is 19.0 Å². The third kappa shape index (κ3) is 2.64. The first kappa shape index (κ1) is 12.9. The first-order chi connectivity index (χ1) is 8.59. The fourth-order valence-electron chi connectivity index (χ4n) is 2.16. The van der Waals surface area contributed by atoms with Gasteiger partial charge in [-0.05, 0) is 19.3 Å². The highest BCUT2D eigenvalue weighted by molar-refractivity contribution is 5.98. The Labute approximate surface area is 107 Å². The van der Waals surface area contributed by atoms with Crippen LogP contribution in [0.3, 0.4) is 0 Å². The number of amides is 1. The van der Waals surface area contributed by atoms with Crippen molar-refractivity contribution in [1.82, 2.24) is 14.7 Å². The lowest BCUT2D eigenvalue weighted by molar-refractivity contribution is -0.000171. The van der Waals surface area contributed by atoms with Crippen molar-refractivity contribution in [2.24, 2.45) is 7.05 Å². The van der Waals surface area contributed by atoms with E-state index in [4.69, 9.17) is 10.5 Å². The number of hydrogen-bond donors (Lipinski definition) is 1. The molecular formula is C12H20N4O2. The maximum Gasteiger partial charge on any atom is 0.259 e. The van der Waals surface area contributed by atoms with Gasteiger partial charge < -0.3 is 15.4 Å². The molecule has 1 unspecified atom stereocenters. The van der Waals surface area contributed by atoms with Gasteiger partial charge >= 0.3 is 0 Å². The van der Waals surface area contributed by atoms with E-state index in [9.17, 15) is 4.79 Å². The van der Waals surface area contributed by atoms with Crippen LogP contribution in [0.1, 0.15) is 29.6 Å². The van der Waals surface area contributed by atoms with Crippen LogP contribution >= 0.6 is 0 Å². The normalized spacial score (nSPS) is 19.8. The van der Waals surface area contributed by atoms with E-state index in [2.05, 4.69) is 5.10 Å². The molecule has 1 atom stereocenters. The Morgan fingerprint density at radius 2 is 2.44 bits per heavy atom. The molecule has 0 spiro atoms. The van der Waals surface area contributed by atoms with Crippen LogP contribution in [0.4, 0.5) is 5.82 Å². The van der Waals surface area contributed by atoms with Crippen molar-refractivity contribution in [2.45, 2.75) is 25.4 Å². The van der Waals surface area contributed by atoms with Gasteiger partial charge in [-0.3, -0.25) is 9.48 Å². The maximum atomic E-state index is 12.2. The van der Waals surface area contributed by atoms with Crippen molar-refractivity contribution >= 4 is 11.7 Å². The third-order valence-corrected chi connectivity index (χ3v) is 3.31. The molecule has 1 aliphatic heterocycles. The minimum Gasteiger partial charge on any atom is -0.383 e. The van der Waals surface area contributed by atoms with Crippen LogP contribution in [0.2, 0.25) is 0 Å². The molecule has 1 fully saturated rings. The molecule has 0 bridgehead atoms. The van der Waals surface area contributed by atoms with Crippen molar-refractivity contribution < 1.29 is 9.53 Å². The Balaban J connectivity index is 1.98. The fourth-order valence-corrected chi connectivity index (χ4v) is 2.16. The van der Waals surface area contributed by atoms with Gasteiger partial charge in [-0.25, -0.2) is 0 Å². The van der Waals surface area contributed by atoms with Crippen LogP contribution in [0.5, 0.6) is 0 Å². The summed E-state index contributed by atoms with van der Waals surface area (Å²) in [5.74, 6) is 0.297. The molecule has 1 aromatic heterocycles. The van der Waals surface area contributed by atoms with E-state index in [-0.39, 0.29) is 12.0 Å². The van der Waals surface area contributed by atoms with E-state index < -0.39 is 0 Å².